The third-order valence-corrected chi connectivity index (χ3v) is 10.1. The zero-order valence-electron chi connectivity index (χ0n) is 23.4. The van der Waals surface area contributed by atoms with Gasteiger partial charge in [-0.1, -0.05) is 46.3 Å². The number of H-pyrrole nitrogens is 1. The first kappa shape index (κ1) is 30.9. The number of imide groups is 1. The summed E-state index contributed by atoms with van der Waals surface area (Å²) < 4.78 is 11.0. The number of amides is 3. The smallest absolute Gasteiger partial charge is 0.338 e. The van der Waals surface area contributed by atoms with Crippen molar-refractivity contribution >= 4 is 81.4 Å². The summed E-state index contributed by atoms with van der Waals surface area (Å²) >= 11 is 14.4. The third-order valence-electron chi connectivity index (χ3n) is 7.25. The van der Waals surface area contributed by atoms with Crippen LogP contribution in [0.3, 0.4) is 0 Å². The quantitative estimate of drug-likeness (QED) is 0.178. The minimum Gasteiger partial charge on any atom is -0.483 e. The highest BCUT2D eigenvalue weighted by Crippen LogP contribution is 2.54. The van der Waals surface area contributed by atoms with Crippen molar-refractivity contribution in [2.24, 2.45) is 5.92 Å². The number of rotatable bonds is 8. The largest absolute Gasteiger partial charge is 0.483 e. The molecule has 0 saturated carbocycles. The number of thiazole rings is 1. The molecule has 14 heteroatoms. The number of aromatic amines is 1. The lowest BCUT2D eigenvalue weighted by Gasteiger charge is -2.31. The summed E-state index contributed by atoms with van der Waals surface area (Å²) in [6.07, 6.45) is 0. The van der Waals surface area contributed by atoms with Gasteiger partial charge in [0, 0.05) is 32.1 Å². The van der Waals surface area contributed by atoms with Gasteiger partial charge in [-0.25, -0.2) is 9.69 Å². The fourth-order valence-corrected chi connectivity index (χ4v) is 8.15. The summed E-state index contributed by atoms with van der Waals surface area (Å²) in [4.78, 5) is 69.4. The summed E-state index contributed by atoms with van der Waals surface area (Å²) in [6, 6.07) is 17.4. The molecule has 1 saturated heterocycles. The van der Waals surface area contributed by atoms with E-state index in [4.69, 9.17) is 32.7 Å². The number of aromatic nitrogens is 1. The van der Waals surface area contributed by atoms with Gasteiger partial charge in [-0.2, -0.15) is 0 Å². The summed E-state index contributed by atoms with van der Waals surface area (Å²) in [5.41, 5.74) is 1.56. The molecule has 1 fully saturated rings. The maximum Gasteiger partial charge on any atom is 0.338 e. The molecule has 3 amide bonds. The van der Waals surface area contributed by atoms with Crippen molar-refractivity contribution in [2.45, 2.75) is 23.1 Å². The Morgan fingerprint density at radius 1 is 0.956 bits per heavy atom. The van der Waals surface area contributed by atoms with Crippen LogP contribution in [-0.2, 0) is 19.1 Å². The molecule has 3 unspecified atom stereocenters. The second-order valence-corrected chi connectivity index (χ2v) is 13.1. The molecule has 0 radical (unpaired) electrons. The Morgan fingerprint density at radius 3 is 2.38 bits per heavy atom. The SMILES string of the molecule is CCOC(=O)c1ccc(N2C(=O)C3Sc4[nH]c(=O)sc4C(c4cc(Cl)ccc4OCC(=O)Nc4ccc(Cl)cc4)C3C2=O)cc1. The van der Waals surface area contributed by atoms with E-state index in [-0.39, 0.29) is 29.4 Å². The monoisotopic (exact) mass is 683 g/mol. The van der Waals surface area contributed by atoms with E-state index in [1.165, 1.54) is 24.3 Å². The van der Waals surface area contributed by atoms with E-state index in [1.807, 2.05) is 0 Å². The van der Waals surface area contributed by atoms with E-state index in [0.717, 1.165) is 28.0 Å². The summed E-state index contributed by atoms with van der Waals surface area (Å²) in [5, 5.41) is 3.20. The van der Waals surface area contributed by atoms with Crippen LogP contribution >= 0.6 is 46.3 Å². The number of hydrogen-bond acceptors (Lipinski definition) is 9. The normalized spacial score (nSPS) is 18.7. The first-order valence-corrected chi connectivity index (χ1v) is 16.1. The van der Waals surface area contributed by atoms with Gasteiger partial charge in [-0.15, -0.1) is 0 Å². The molecule has 230 valence electrons. The Hall–Kier alpha value is -4.10. The van der Waals surface area contributed by atoms with Gasteiger partial charge in [0.1, 0.15) is 11.0 Å². The molecule has 1 aromatic heterocycles. The predicted molar refractivity (Wildman–Crippen MR) is 172 cm³/mol. The number of ether oxygens (including phenoxy) is 2. The standard InChI is InChI=1S/C31H23Cl2N3O7S2/c1-2-42-30(40)15-3-10-19(11-4-15)36-28(38)24-23(25-27(35-31(41)45-25)44-26(24)29(36)39)20-13-17(33)7-12-21(20)43-14-22(37)34-18-8-5-16(32)6-9-18/h3-13,23-24,26H,2,14H2,1H3,(H,34,37)(H,35,41). The highest BCUT2D eigenvalue weighted by Gasteiger charge is 2.57. The zero-order chi connectivity index (χ0) is 31.8. The first-order chi connectivity index (χ1) is 21.6. The van der Waals surface area contributed by atoms with E-state index in [2.05, 4.69) is 10.3 Å². The van der Waals surface area contributed by atoms with Gasteiger partial charge in [0.2, 0.25) is 11.8 Å². The first-order valence-electron chi connectivity index (χ1n) is 13.7. The number of carbonyl (C=O) groups excluding carboxylic acids is 4. The maximum absolute atomic E-state index is 14.1. The van der Waals surface area contributed by atoms with Gasteiger partial charge in [0.25, 0.3) is 5.91 Å². The molecule has 45 heavy (non-hydrogen) atoms. The summed E-state index contributed by atoms with van der Waals surface area (Å²) in [5.74, 6) is -3.34. The van der Waals surface area contributed by atoms with Gasteiger partial charge in [0.05, 0.1) is 28.8 Å². The van der Waals surface area contributed by atoms with Crippen LogP contribution in [0.1, 0.15) is 33.6 Å². The van der Waals surface area contributed by atoms with Crippen molar-refractivity contribution < 1.29 is 28.7 Å². The van der Waals surface area contributed by atoms with E-state index in [0.29, 0.717) is 36.9 Å². The Kier molecular flexibility index (Phi) is 8.74. The number of halogens is 2. The van der Waals surface area contributed by atoms with Crippen LogP contribution in [0.5, 0.6) is 5.75 Å². The van der Waals surface area contributed by atoms with Crippen molar-refractivity contribution in [2.75, 3.05) is 23.4 Å². The molecule has 2 N–H and O–H groups in total. The topological polar surface area (TPSA) is 135 Å². The molecular weight excluding hydrogens is 661 g/mol. The van der Waals surface area contributed by atoms with Crippen molar-refractivity contribution in [3.8, 4) is 5.75 Å². The second-order valence-electron chi connectivity index (χ2n) is 10.1. The molecule has 2 aliphatic rings. The molecule has 0 bridgehead atoms. The van der Waals surface area contributed by atoms with Crippen molar-refractivity contribution in [3.63, 3.8) is 0 Å². The zero-order valence-corrected chi connectivity index (χ0v) is 26.5. The predicted octanol–water partition coefficient (Wildman–Crippen LogP) is 5.73. The Balaban J connectivity index is 1.33. The average Bonchev–Trinajstić information content (AvgIpc) is 3.51. The van der Waals surface area contributed by atoms with Crippen molar-refractivity contribution in [1.82, 2.24) is 4.98 Å². The van der Waals surface area contributed by atoms with Crippen LogP contribution in [0.15, 0.2) is 76.6 Å². The number of benzene rings is 3. The van der Waals surface area contributed by atoms with Crippen LogP contribution in [0.25, 0.3) is 0 Å². The molecule has 3 heterocycles. The molecule has 4 aromatic rings. The fraction of sp³-hybridized carbons (Fsp3) is 0.194. The molecule has 2 aliphatic heterocycles. The van der Waals surface area contributed by atoms with E-state index in [9.17, 15) is 24.0 Å². The number of carbonyl (C=O) groups is 4. The maximum atomic E-state index is 14.1. The number of nitrogens with zero attached hydrogens (tertiary/aromatic N) is 1. The van der Waals surface area contributed by atoms with Gasteiger partial charge in [-0.05, 0) is 73.7 Å². The second kappa shape index (κ2) is 12.7. The molecule has 0 aliphatic carbocycles. The molecular formula is C31H23Cl2N3O7S2. The Labute approximate surface area is 274 Å². The third kappa shape index (κ3) is 6.10. The number of thioether (sulfide) groups is 1. The molecule has 6 rings (SSSR count). The van der Waals surface area contributed by atoms with Crippen LogP contribution in [-0.4, -0.2) is 47.1 Å². The van der Waals surface area contributed by atoms with Gasteiger partial charge in [-0.3, -0.25) is 19.2 Å². The molecule has 3 aromatic carbocycles. The molecule has 0 spiro atoms. The number of hydrogen-bond donors (Lipinski definition) is 2. The van der Waals surface area contributed by atoms with Crippen LogP contribution in [0.4, 0.5) is 11.4 Å². The lowest BCUT2D eigenvalue weighted by atomic mass is 9.82. The molecule has 3 atom stereocenters. The van der Waals surface area contributed by atoms with Gasteiger partial charge in [0.15, 0.2) is 6.61 Å². The summed E-state index contributed by atoms with van der Waals surface area (Å²) in [6.45, 7) is 1.54. The minimum absolute atomic E-state index is 0.208. The van der Waals surface area contributed by atoms with Crippen LogP contribution < -0.4 is 19.8 Å². The van der Waals surface area contributed by atoms with Crippen molar-refractivity contribution in [3.05, 3.63) is 102 Å². The highest BCUT2D eigenvalue weighted by molar-refractivity contribution is 8.00. The van der Waals surface area contributed by atoms with Crippen molar-refractivity contribution in [1.29, 1.82) is 0 Å². The lowest BCUT2D eigenvalue weighted by Crippen LogP contribution is -2.32. The van der Waals surface area contributed by atoms with E-state index in [1.54, 1.807) is 49.4 Å². The fourth-order valence-electron chi connectivity index (χ4n) is 5.34. The highest BCUT2D eigenvalue weighted by atomic mass is 35.5. The van der Waals surface area contributed by atoms with Crippen LogP contribution in [0, 0.1) is 5.92 Å². The Morgan fingerprint density at radius 2 is 1.67 bits per heavy atom. The number of anilines is 2. The van der Waals surface area contributed by atoms with Gasteiger partial charge < -0.3 is 19.8 Å². The average molecular weight is 685 g/mol. The number of fused-ring (bicyclic) bond motifs is 2. The van der Waals surface area contributed by atoms with Gasteiger partial charge >= 0.3 is 10.8 Å². The van der Waals surface area contributed by atoms with E-state index >= 15 is 0 Å². The molecule has 10 nitrogen and oxygen atoms in total. The number of esters is 1. The number of nitrogens with one attached hydrogen (secondary N) is 2. The van der Waals surface area contributed by atoms with E-state index < -0.39 is 40.8 Å². The lowest BCUT2D eigenvalue weighted by molar-refractivity contribution is -0.122. The van der Waals surface area contributed by atoms with Crippen LogP contribution in [0.2, 0.25) is 10.0 Å². The minimum atomic E-state index is -0.921. The summed E-state index contributed by atoms with van der Waals surface area (Å²) in [7, 11) is 0. The Bertz CT molecular complexity index is 1880.